The first-order valence-corrected chi connectivity index (χ1v) is 14.2. The molecule has 0 unspecified atom stereocenters. The van der Waals surface area contributed by atoms with Gasteiger partial charge in [0.1, 0.15) is 4.91 Å². The summed E-state index contributed by atoms with van der Waals surface area (Å²) in [5, 5.41) is 1.49. The van der Waals surface area contributed by atoms with Crippen molar-refractivity contribution in [3.63, 3.8) is 0 Å². The maximum absolute atomic E-state index is 13.7. The minimum Gasteiger partial charge on any atom is -0.337 e. The van der Waals surface area contributed by atoms with Gasteiger partial charge in [0.25, 0.3) is 15.9 Å². The normalized spacial score (nSPS) is 23.0. The summed E-state index contributed by atoms with van der Waals surface area (Å²) in [4.78, 5) is 18.9. The van der Waals surface area contributed by atoms with E-state index in [1.165, 1.54) is 36.0 Å². The van der Waals surface area contributed by atoms with E-state index in [1.54, 1.807) is 4.90 Å². The molecular formula is C23H22ClN3O3S3. The average Bonchev–Trinajstić information content (AvgIpc) is 3.30. The highest BCUT2D eigenvalue weighted by Gasteiger charge is 2.43. The summed E-state index contributed by atoms with van der Waals surface area (Å²) in [7, 11) is -2.07. The number of carbonyl (C=O) groups is 1. The lowest BCUT2D eigenvalue weighted by molar-refractivity contribution is -0.124. The third kappa shape index (κ3) is 4.32. The monoisotopic (exact) mass is 519 g/mol. The van der Waals surface area contributed by atoms with Crippen molar-refractivity contribution in [3.8, 4) is 0 Å². The van der Waals surface area contributed by atoms with Crippen LogP contribution in [0.25, 0.3) is 0 Å². The van der Waals surface area contributed by atoms with Crippen molar-refractivity contribution >= 4 is 61.9 Å². The smallest absolute Gasteiger partial charge is 0.284 e. The molecule has 172 valence electrons. The number of halogens is 1. The summed E-state index contributed by atoms with van der Waals surface area (Å²) in [6.07, 6.45) is 4.85. The molecule has 1 saturated carbocycles. The van der Waals surface area contributed by atoms with Gasteiger partial charge in [0, 0.05) is 23.0 Å². The number of amidine groups is 1. The third-order valence-electron chi connectivity index (χ3n) is 5.99. The summed E-state index contributed by atoms with van der Waals surface area (Å²) in [5.74, 6) is -0.167. The van der Waals surface area contributed by atoms with Crippen LogP contribution in [0.5, 0.6) is 0 Å². The molecule has 6 nitrogen and oxygen atoms in total. The van der Waals surface area contributed by atoms with Gasteiger partial charge in [-0.05, 0) is 61.0 Å². The number of anilines is 1. The van der Waals surface area contributed by atoms with Crippen molar-refractivity contribution in [1.82, 2.24) is 4.90 Å². The second-order valence-corrected chi connectivity index (χ2v) is 12.2. The summed E-state index contributed by atoms with van der Waals surface area (Å²) in [6.45, 7) is 0. The predicted molar refractivity (Wildman–Crippen MR) is 135 cm³/mol. The van der Waals surface area contributed by atoms with E-state index in [4.69, 9.17) is 11.6 Å². The molecule has 2 aliphatic heterocycles. The predicted octanol–water partition coefficient (Wildman–Crippen LogP) is 5.70. The Kier molecular flexibility index (Phi) is 6.24. The van der Waals surface area contributed by atoms with E-state index in [-0.39, 0.29) is 22.0 Å². The lowest BCUT2D eigenvalue weighted by atomic mass is 9.94. The fourth-order valence-electron chi connectivity index (χ4n) is 4.30. The van der Waals surface area contributed by atoms with Crippen LogP contribution in [0.3, 0.4) is 0 Å². The van der Waals surface area contributed by atoms with Gasteiger partial charge in [-0.3, -0.25) is 9.69 Å². The molecule has 3 aliphatic rings. The number of para-hydroxylation sites is 1. The van der Waals surface area contributed by atoms with Crippen molar-refractivity contribution in [2.24, 2.45) is 4.40 Å². The van der Waals surface area contributed by atoms with Gasteiger partial charge in [-0.15, -0.1) is 4.40 Å². The summed E-state index contributed by atoms with van der Waals surface area (Å²) >= 11 is 8.60. The Bertz CT molecular complexity index is 1270. The van der Waals surface area contributed by atoms with Crippen LogP contribution >= 0.6 is 35.1 Å². The molecule has 0 N–H and O–H groups in total. The molecule has 5 rings (SSSR count). The molecule has 2 aromatic rings. The molecule has 0 atom stereocenters. The van der Waals surface area contributed by atoms with Gasteiger partial charge in [0.2, 0.25) is 0 Å². The molecule has 1 aliphatic carbocycles. The fourth-order valence-corrected chi connectivity index (χ4v) is 8.00. The Hall–Kier alpha value is -1.94. The molecule has 0 bridgehead atoms. The fraction of sp³-hybridized carbons (Fsp3) is 0.304. The molecule has 1 amide bonds. The van der Waals surface area contributed by atoms with Gasteiger partial charge in [-0.25, -0.2) is 0 Å². The van der Waals surface area contributed by atoms with Gasteiger partial charge >= 0.3 is 0 Å². The van der Waals surface area contributed by atoms with Gasteiger partial charge in [-0.2, -0.15) is 8.42 Å². The molecule has 10 heteroatoms. The minimum atomic E-state index is -4.00. The van der Waals surface area contributed by atoms with E-state index in [2.05, 4.69) is 4.40 Å². The largest absolute Gasteiger partial charge is 0.337 e. The first kappa shape index (κ1) is 22.8. The minimum absolute atomic E-state index is 0.0462. The number of thioether (sulfide) groups is 2. The van der Waals surface area contributed by atoms with E-state index < -0.39 is 10.0 Å². The van der Waals surface area contributed by atoms with Crippen molar-refractivity contribution in [2.75, 3.05) is 11.9 Å². The first-order chi connectivity index (χ1) is 15.8. The molecule has 0 aromatic heterocycles. The van der Waals surface area contributed by atoms with Crippen molar-refractivity contribution in [2.45, 2.75) is 47.9 Å². The summed E-state index contributed by atoms with van der Waals surface area (Å²) in [6, 6.07) is 13.8. The molecule has 2 aromatic carbocycles. The van der Waals surface area contributed by atoms with E-state index in [0.29, 0.717) is 9.93 Å². The summed E-state index contributed by atoms with van der Waals surface area (Å²) in [5.41, 5.74) is 1.03. The number of amides is 1. The Morgan fingerprint density at radius 2 is 1.70 bits per heavy atom. The van der Waals surface area contributed by atoms with Gasteiger partial charge in [0.05, 0.1) is 15.6 Å². The molecule has 33 heavy (non-hydrogen) atoms. The van der Waals surface area contributed by atoms with Crippen LogP contribution in [0.1, 0.15) is 32.1 Å². The van der Waals surface area contributed by atoms with Crippen molar-refractivity contribution in [3.05, 3.63) is 63.5 Å². The quantitative estimate of drug-likeness (QED) is 0.484. The van der Waals surface area contributed by atoms with Crippen molar-refractivity contribution < 1.29 is 13.2 Å². The highest BCUT2D eigenvalue weighted by molar-refractivity contribution is 8.19. The second kappa shape index (κ2) is 9.02. The van der Waals surface area contributed by atoms with Crippen LogP contribution < -0.4 is 4.90 Å². The van der Waals surface area contributed by atoms with Crippen LogP contribution in [-0.2, 0) is 14.8 Å². The Morgan fingerprint density at radius 1 is 1.00 bits per heavy atom. The molecular weight excluding hydrogens is 498 g/mol. The number of hydrogen-bond donors (Lipinski definition) is 0. The van der Waals surface area contributed by atoms with Crippen LogP contribution in [0, 0.1) is 0 Å². The van der Waals surface area contributed by atoms with Crippen LogP contribution in [-0.4, -0.2) is 37.5 Å². The SMILES string of the molecule is CN1C(=C2SC(=NS(=O)(=O)c3ccc(Cl)cc3)N(C3CCCCC3)C2=O)Sc2ccccc21. The maximum atomic E-state index is 13.7. The van der Waals surface area contributed by atoms with Crippen LogP contribution in [0.4, 0.5) is 5.69 Å². The number of carbonyl (C=O) groups excluding carboxylic acids is 1. The summed E-state index contributed by atoms with van der Waals surface area (Å²) < 4.78 is 30.3. The number of rotatable bonds is 3. The number of sulfonamides is 1. The highest BCUT2D eigenvalue weighted by Crippen LogP contribution is 2.50. The zero-order valence-corrected chi connectivity index (χ0v) is 21.1. The Balaban J connectivity index is 1.57. The Labute approximate surface area is 207 Å². The highest BCUT2D eigenvalue weighted by atomic mass is 35.5. The standard InChI is InChI=1S/C23H22ClN3O3S3/c1-26-18-9-5-6-10-19(18)31-22(26)20-21(28)27(16-7-3-2-4-8-16)23(32-20)25-33(29,30)17-13-11-15(24)12-14-17/h5-6,9-14,16H,2-4,7-8H2,1H3. The maximum Gasteiger partial charge on any atom is 0.284 e. The number of hydrogen-bond acceptors (Lipinski definition) is 6. The topological polar surface area (TPSA) is 70.1 Å². The zero-order chi connectivity index (χ0) is 23.2. The van der Waals surface area contributed by atoms with Gasteiger partial charge in [-0.1, -0.05) is 54.8 Å². The van der Waals surface area contributed by atoms with E-state index in [0.717, 1.165) is 59.5 Å². The third-order valence-corrected chi connectivity index (χ3v) is 10.1. The average molecular weight is 520 g/mol. The molecule has 0 radical (unpaired) electrons. The van der Waals surface area contributed by atoms with E-state index >= 15 is 0 Å². The number of benzene rings is 2. The van der Waals surface area contributed by atoms with E-state index in [1.807, 2.05) is 36.2 Å². The van der Waals surface area contributed by atoms with E-state index in [9.17, 15) is 13.2 Å². The molecule has 2 fully saturated rings. The van der Waals surface area contributed by atoms with Gasteiger partial charge in [0.15, 0.2) is 5.17 Å². The Morgan fingerprint density at radius 3 is 2.39 bits per heavy atom. The number of nitrogens with zero attached hydrogens (tertiary/aromatic N) is 3. The molecule has 2 heterocycles. The molecule has 1 saturated heterocycles. The first-order valence-electron chi connectivity index (χ1n) is 10.7. The molecule has 0 spiro atoms. The second-order valence-electron chi connectivity index (χ2n) is 8.13. The van der Waals surface area contributed by atoms with Gasteiger partial charge < -0.3 is 4.90 Å². The lowest BCUT2D eigenvalue weighted by Gasteiger charge is -2.30. The zero-order valence-electron chi connectivity index (χ0n) is 17.9. The lowest BCUT2D eigenvalue weighted by Crippen LogP contribution is -2.41. The van der Waals surface area contributed by atoms with Crippen LogP contribution in [0.15, 0.2) is 72.7 Å². The number of fused-ring (bicyclic) bond motifs is 1. The van der Waals surface area contributed by atoms with Crippen LogP contribution in [0.2, 0.25) is 5.02 Å². The van der Waals surface area contributed by atoms with Crippen molar-refractivity contribution in [1.29, 1.82) is 0 Å².